The minimum absolute atomic E-state index is 0.00248. The van der Waals surface area contributed by atoms with E-state index in [0.717, 1.165) is 6.07 Å². The van der Waals surface area contributed by atoms with Gasteiger partial charge in [0.15, 0.2) is 0 Å². The number of likely N-dealkylation sites (N-methyl/N-ethyl adjacent to an activating group) is 1. The van der Waals surface area contributed by atoms with E-state index < -0.39 is 22.0 Å². The quantitative estimate of drug-likeness (QED) is 0.697. The molecule has 22 heavy (non-hydrogen) atoms. The third-order valence-corrected chi connectivity index (χ3v) is 4.74. The van der Waals surface area contributed by atoms with Gasteiger partial charge in [0, 0.05) is 12.1 Å². The third kappa shape index (κ3) is 4.43. The van der Waals surface area contributed by atoms with Crippen molar-refractivity contribution in [3.05, 3.63) is 28.8 Å². The normalized spacial score (nSPS) is 12.5. The zero-order chi connectivity index (χ0) is 16.9. The summed E-state index contributed by atoms with van der Waals surface area (Å²) in [6.45, 7) is 3.75. The van der Waals surface area contributed by atoms with Crippen molar-refractivity contribution in [2.24, 2.45) is 0 Å². The molecule has 0 aliphatic carbocycles. The van der Waals surface area contributed by atoms with Gasteiger partial charge in [0.25, 0.3) is 5.91 Å². The van der Waals surface area contributed by atoms with E-state index in [-0.39, 0.29) is 21.4 Å². The van der Waals surface area contributed by atoms with Crippen molar-refractivity contribution >= 4 is 33.4 Å². The second kappa shape index (κ2) is 7.57. The zero-order valence-corrected chi connectivity index (χ0v) is 14.0. The number of carbonyl (C=O) groups excluding carboxylic acids is 2. The molecule has 0 aromatic heterocycles. The first-order chi connectivity index (χ1) is 10.2. The SMILES string of the molecule is CCNC(=O)[C@H](C)NC(=O)c1ccc(Cl)c(S(=O)(=O)NC)c1. The van der Waals surface area contributed by atoms with Crippen molar-refractivity contribution in [3.8, 4) is 0 Å². The van der Waals surface area contributed by atoms with Gasteiger partial charge in [0.05, 0.1) is 5.02 Å². The minimum Gasteiger partial charge on any atom is -0.355 e. The first-order valence-corrected chi connectivity index (χ1v) is 8.40. The Bertz CT molecular complexity index is 676. The van der Waals surface area contributed by atoms with Crippen LogP contribution in [0.5, 0.6) is 0 Å². The summed E-state index contributed by atoms with van der Waals surface area (Å²) in [4.78, 5) is 23.5. The van der Waals surface area contributed by atoms with E-state index in [1.165, 1.54) is 26.1 Å². The second-order valence-electron chi connectivity index (χ2n) is 4.44. The van der Waals surface area contributed by atoms with Crippen molar-refractivity contribution in [1.29, 1.82) is 0 Å². The molecule has 0 bridgehead atoms. The molecule has 0 unspecified atom stereocenters. The molecule has 3 N–H and O–H groups in total. The number of hydrogen-bond donors (Lipinski definition) is 3. The lowest BCUT2D eigenvalue weighted by Gasteiger charge is -2.14. The fraction of sp³-hybridized carbons (Fsp3) is 0.385. The van der Waals surface area contributed by atoms with Gasteiger partial charge < -0.3 is 10.6 Å². The lowest BCUT2D eigenvalue weighted by atomic mass is 10.2. The molecule has 1 aromatic carbocycles. The van der Waals surface area contributed by atoms with Gasteiger partial charge in [-0.1, -0.05) is 11.6 Å². The Labute approximate surface area is 134 Å². The first kappa shape index (κ1) is 18.4. The highest BCUT2D eigenvalue weighted by Crippen LogP contribution is 2.22. The van der Waals surface area contributed by atoms with Crippen LogP contribution in [0.15, 0.2) is 23.1 Å². The van der Waals surface area contributed by atoms with Crippen LogP contribution < -0.4 is 15.4 Å². The molecule has 122 valence electrons. The van der Waals surface area contributed by atoms with E-state index in [2.05, 4.69) is 15.4 Å². The summed E-state index contributed by atoms with van der Waals surface area (Å²) in [5.41, 5.74) is 0.0920. The summed E-state index contributed by atoms with van der Waals surface area (Å²) < 4.78 is 25.8. The molecule has 2 amide bonds. The molecule has 0 saturated carbocycles. The van der Waals surface area contributed by atoms with Crippen molar-refractivity contribution in [1.82, 2.24) is 15.4 Å². The van der Waals surface area contributed by atoms with Gasteiger partial charge in [-0.05, 0) is 39.1 Å². The molecule has 9 heteroatoms. The summed E-state index contributed by atoms with van der Waals surface area (Å²) >= 11 is 5.85. The van der Waals surface area contributed by atoms with Crippen LogP contribution >= 0.6 is 11.6 Å². The zero-order valence-electron chi connectivity index (χ0n) is 12.4. The maximum absolute atomic E-state index is 12.1. The largest absolute Gasteiger partial charge is 0.355 e. The minimum atomic E-state index is -3.78. The summed E-state index contributed by atoms with van der Waals surface area (Å²) in [5, 5.41) is 5.07. The van der Waals surface area contributed by atoms with Gasteiger partial charge in [0.1, 0.15) is 10.9 Å². The Morgan fingerprint density at radius 3 is 2.50 bits per heavy atom. The van der Waals surface area contributed by atoms with E-state index in [0.29, 0.717) is 6.54 Å². The maximum atomic E-state index is 12.1. The van der Waals surface area contributed by atoms with Crippen LogP contribution in [0.4, 0.5) is 0 Å². The second-order valence-corrected chi connectivity index (χ2v) is 6.70. The highest BCUT2D eigenvalue weighted by atomic mass is 35.5. The van der Waals surface area contributed by atoms with E-state index in [9.17, 15) is 18.0 Å². The molecule has 0 fully saturated rings. The number of amides is 2. The maximum Gasteiger partial charge on any atom is 0.251 e. The molecule has 0 aliphatic rings. The lowest BCUT2D eigenvalue weighted by Crippen LogP contribution is -2.44. The summed E-state index contributed by atoms with van der Waals surface area (Å²) in [7, 11) is -2.53. The van der Waals surface area contributed by atoms with Crippen LogP contribution in [0.2, 0.25) is 5.02 Å². The summed E-state index contributed by atoms with van der Waals surface area (Å²) in [6, 6.07) is 3.12. The Kier molecular flexibility index (Phi) is 6.34. The number of hydrogen-bond acceptors (Lipinski definition) is 4. The van der Waals surface area contributed by atoms with E-state index in [4.69, 9.17) is 11.6 Å². The molecule has 1 atom stereocenters. The van der Waals surface area contributed by atoms with Crippen LogP contribution in [0.3, 0.4) is 0 Å². The Hall–Kier alpha value is -1.64. The Morgan fingerprint density at radius 1 is 1.32 bits per heavy atom. The van der Waals surface area contributed by atoms with Crippen molar-refractivity contribution < 1.29 is 18.0 Å². The van der Waals surface area contributed by atoms with E-state index in [1.807, 2.05) is 0 Å². The predicted octanol–water partition coefficient (Wildman–Crippen LogP) is 0.502. The molecule has 0 aliphatic heterocycles. The van der Waals surface area contributed by atoms with Gasteiger partial charge >= 0.3 is 0 Å². The van der Waals surface area contributed by atoms with Crippen LogP contribution in [0.25, 0.3) is 0 Å². The van der Waals surface area contributed by atoms with Gasteiger partial charge in [-0.15, -0.1) is 0 Å². The van der Waals surface area contributed by atoms with Crippen LogP contribution in [0, 0.1) is 0 Å². The number of halogens is 1. The third-order valence-electron chi connectivity index (χ3n) is 2.84. The molecular weight excluding hydrogens is 330 g/mol. The average Bonchev–Trinajstić information content (AvgIpc) is 2.47. The van der Waals surface area contributed by atoms with Crippen molar-refractivity contribution in [2.75, 3.05) is 13.6 Å². The van der Waals surface area contributed by atoms with Gasteiger partial charge in [-0.3, -0.25) is 9.59 Å². The molecule has 0 spiro atoms. The number of rotatable bonds is 6. The molecule has 7 nitrogen and oxygen atoms in total. The Morgan fingerprint density at radius 2 is 1.95 bits per heavy atom. The molecule has 1 aromatic rings. The average molecular weight is 348 g/mol. The lowest BCUT2D eigenvalue weighted by molar-refractivity contribution is -0.122. The number of nitrogens with one attached hydrogen (secondary N) is 3. The summed E-state index contributed by atoms with van der Waals surface area (Å²) in [6.07, 6.45) is 0. The standard InChI is InChI=1S/C13H18ClN3O4S/c1-4-16-12(18)8(2)17-13(19)9-5-6-10(14)11(7-9)22(20,21)15-3/h5-8,15H,4H2,1-3H3,(H,16,18)(H,17,19)/t8-/m0/s1. The highest BCUT2D eigenvalue weighted by Gasteiger charge is 2.20. The molecular formula is C13H18ClN3O4S. The number of sulfonamides is 1. The number of carbonyl (C=O) groups is 2. The Balaban J connectivity index is 3.01. The van der Waals surface area contributed by atoms with E-state index in [1.54, 1.807) is 6.92 Å². The van der Waals surface area contributed by atoms with E-state index >= 15 is 0 Å². The van der Waals surface area contributed by atoms with Gasteiger partial charge in [-0.2, -0.15) is 0 Å². The number of benzene rings is 1. The predicted molar refractivity (Wildman–Crippen MR) is 83.3 cm³/mol. The summed E-state index contributed by atoms with van der Waals surface area (Å²) in [5.74, 6) is -0.893. The van der Waals surface area contributed by atoms with Gasteiger partial charge in [0.2, 0.25) is 15.9 Å². The smallest absolute Gasteiger partial charge is 0.251 e. The fourth-order valence-corrected chi connectivity index (χ4v) is 2.88. The highest BCUT2D eigenvalue weighted by molar-refractivity contribution is 7.89. The topological polar surface area (TPSA) is 104 Å². The molecule has 1 rings (SSSR count). The van der Waals surface area contributed by atoms with Crippen molar-refractivity contribution in [3.63, 3.8) is 0 Å². The van der Waals surface area contributed by atoms with Gasteiger partial charge in [-0.25, -0.2) is 13.1 Å². The van der Waals surface area contributed by atoms with Crippen LogP contribution in [0.1, 0.15) is 24.2 Å². The van der Waals surface area contributed by atoms with Crippen LogP contribution in [-0.4, -0.2) is 39.9 Å². The molecule has 0 radical (unpaired) electrons. The van der Waals surface area contributed by atoms with Crippen LogP contribution in [-0.2, 0) is 14.8 Å². The first-order valence-electron chi connectivity index (χ1n) is 6.54. The monoisotopic (exact) mass is 347 g/mol. The van der Waals surface area contributed by atoms with Crippen molar-refractivity contribution in [2.45, 2.75) is 24.8 Å². The molecule has 0 heterocycles. The molecule has 0 saturated heterocycles. The fourth-order valence-electron chi connectivity index (χ4n) is 1.63.